The number of carbonyl (C=O) groups excluding carboxylic acids is 2. The van der Waals surface area contributed by atoms with Gasteiger partial charge in [-0.3, -0.25) is 14.2 Å². The number of hydrogen-bond donors (Lipinski definition) is 1. The molecule has 5 aromatic rings. The van der Waals surface area contributed by atoms with E-state index in [0.717, 1.165) is 5.56 Å². The molecule has 0 radical (unpaired) electrons. The van der Waals surface area contributed by atoms with Gasteiger partial charge in [0.15, 0.2) is 5.52 Å². The standard InChI is InChI=1S/C29H27N5O4/c1-29(2,3)30-26(35)24(19-14-16-20(17-15-19)28(37)38-4)33-21-12-8-9-13-22(21)34-25(27(33)36)23(31-32-34)18-10-6-5-7-11-18/h5-17,24H,1-4H3,(H,30,35). The number of carbonyl (C=O) groups is 2. The third kappa shape index (κ3) is 4.43. The van der Waals surface area contributed by atoms with Gasteiger partial charge in [-0.15, -0.1) is 5.10 Å². The average molecular weight is 510 g/mol. The van der Waals surface area contributed by atoms with Crippen LogP contribution >= 0.6 is 0 Å². The quantitative estimate of drug-likeness (QED) is 0.359. The number of hydrogen-bond acceptors (Lipinski definition) is 6. The van der Waals surface area contributed by atoms with Crippen LogP contribution in [0.2, 0.25) is 0 Å². The molecule has 2 aromatic heterocycles. The summed E-state index contributed by atoms with van der Waals surface area (Å²) in [5.74, 6) is -0.859. The molecule has 0 spiro atoms. The van der Waals surface area contributed by atoms with Crippen LogP contribution in [-0.2, 0) is 9.53 Å². The van der Waals surface area contributed by atoms with Crippen LogP contribution < -0.4 is 10.9 Å². The highest BCUT2D eigenvalue weighted by molar-refractivity contribution is 5.91. The summed E-state index contributed by atoms with van der Waals surface area (Å²) in [6, 6.07) is 22.0. The Morgan fingerprint density at radius 3 is 2.16 bits per heavy atom. The number of amides is 1. The second-order valence-corrected chi connectivity index (χ2v) is 9.98. The molecule has 0 aliphatic heterocycles. The van der Waals surface area contributed by atoms with Crippen molar-refractivity contribution in [3.05, 3.63) is 100 Å². The van der Waals surface area contributed by atoms with Crippen molar-refractivity contribution in [2.75, 3.05) is 7.11 Å². The molecule has 9 nitrogen and oxygen atoms in total. The van der Waals surface area contributed by atoms with Gasteiger partial charge in [-0.05, 0) is 50.6 Å². The van der Waals surface area contributed by atoms with Gasteiger partial charge < -0.3 is 10.1 Å². The zero-order valence-corrected chi connectivity index (χ0v) is 21.5. The van der Waals surface area contributed by atoms with E-state index < -0.39 is 23.1 Å². The molecule has 3 aromatic carbocycles. The number of rotatable bonds is 5. The zero-order chi connectivity index (χ0) is 27.0. The molecule has 0 saturated heterocycles. The number of aromatic nitrogens is 4. The summed E-state index contributed by atoms with van der Waals surface area (Å²) >= 11 is 0. The van der Waals surface area contributed by atoms with Crippen molar-refractivity contribution in [3.8, 4) is 11.3 Å². The van der Waals surface area contributed by atoms with E-state index in [1.165, 1.54) is 16.2 Å². The first-order valence-electron chi connectivity index (χ1n) is 12.1. The van der Waals surface area contributed by atoms with Crippen molar-refractivity contribution in [1.82, 2.24) is 24.7 Å². The molecule has 0 fully saturated rings. The fourth-order valence-electron chi connectivity index (χ4n) is 4.53. The Hall–Kier alpha value is -4.79. The first kappa shape index (κ1) is 24.9. The van der Waals surface area contributed by atoms with Crippen molar-refractivity contribution in [2.45, 2.75) is 32.4 Å². The molecule has 9 heteroatoms. The highest BCUT2D eigenvalue weighted by Crippen LogP contribution is 2.27. The van der Waals surface area contributed by atoms with Crippen LogP contribution in [0.3, 0.4) is 0 Å². The molecule has 2 heterocycles. The second-order valence-electron chi connectivity index (χ2n) is 9.98. The van der Waals surface area contributed by atoms with E-state index >= 15 is 0 Å². The highest BCUT2D eigenvalue weighted by Gasteiger charge is 2.30. The lowest BCUT2D eigenvalue weighted by molar-refractivity contribution is -0.124. The van der Waals surface area contributed by atoms with E-state index in [9.17, 15) is 14.4 Å². The Labute approximate surface area is 218 Å². The van der Waals surface area contributed by atoms with Crippen LogP contribution in [0, 0.1) is 0 Å². The van der Waals surface area contributed by atoms with Gasteiger partial charge in [0, 0.05) is 11.1 Å². The Morgan fingerprint density at radius 2 is 1.53 bits per heavy atom. The lowest BCUT2D eigenvalue weighted by Crippen LogP contribution is -2.46. The maximum atomic E-state index is 14.3. The predicted molar refractivity (Wildman–Crippen MR) is 144 cm³/mol. The van der Waals surface area contributed by atoms with Gasteiger partial charge in [-0.25, -0.2) is 9.31 Å². The third-order valence-electron chi connectivity index (χ3n) is 6.16. The number of nitrogens with zero attached hydrogens (tertiary/aromatic N) is 4. The minimum atomic E-state index is -1.04. The van der Waals surface area contributed by atoms with Gasteiger partial charge >= 0.3 is 5.97 Å². The van der Waals surface area contributed by atoms with Crippen LogP contribution in [-0.4, -0.2) is 43.9 Å². The van der Waals surface area contributed by atoms with Crippen LogP contribution in [0.4, 0.5) is 0 Å². The van der Waals surface area contributed by atoms with Crippen molar-refractivity contribution in [1.29, 1.82) is 0 Å². The molecule has 1 atom stereocenters. The lowest BCUT2D eigenvalue weighted by atomic mass is 10.0. The second kappa shape index (κ2) is 9.59. The fraction of sp³-hybridized carbons (Fsp3) is 0.207. The summed E-state index contributed by atoms with van der Waals surface area (Å²) in [6.07, 6.45) is 0. The molecule has 5 rings (SSSR count). The Morgan fingerprint density at radius 1 is 0.895 bits per heavy atom. The number of para-hydroxylation sites is 2. The Balaban J connectivity index is 1.83. The van der Waals surface area contributed by atoms with Crippen LogP contribution in [0.15, 0.2) is 83.7 Å². The van der Waals surface area contributed by atoms with Gasteiger partial charge in [0.05, 0.1) is 23.7 Å². The lowest BCUT2D eigenvalue weighted by Gasteiger charge is -2.27. The highest BCUT2D eigenvalue weighted by atomic mass is 16.5. The van der Waals surface area contributed by atoms with E-state index in [4.69, 9.17) is 4.74 Å². The molecule has 0 aliphatic rings. The number of benzene rings is 3. The minimum absolute atomic E-state index is 0.259. The first-order valence-corrected chi connectivity index (χ1v) is 12.1. The molecule has 1 N–H and O–H groups in total. The number of nitrogens with one attached hydrogen (secondary N) is 1. The number of fused-ring (bicyclic) bond motifs is 3. The molecule has 192 valence electrons. The van der Waals surface area contributed by atoms with E-state index in [1.54, 1.807) is 36.4 Å². The monoisotopic (exact) mass is 509 g/mol. The Bertz CT molecular complexity index is 1710. The van der Waals surface area contributed by atoms with E-state index in [2.05, 4.69) is 15.6 Å². The van der Waals surface area contributed by atoms with Crippen molar-refractivity contribution < 1.29 is 14.3 Å². The fourth-order valence-corrected chi connectivity index (χ4v) is 4.53. The largest absolute Gasteiger partial charge is 0.465 e. The first-order chi connectivity index (χ1) is 18.2. The van der Waals surface area contributed by atoms with Gasteiger partial charge in [-0.1, -0.05) is 59.8 Å². The molecule has 0 bridgehead atoms. The van der Waals surface area contributed by atoms with Crippen LogP contribution in [0.5, 0.6) is 0 Å². The molecule has 38 heavy (non-hydrogen) atoms. The summed E-state index contributed by atoms with van der Waals surface area (Å²) in [5, 5.41) is 11.7. The van der Waals surface area contributed by atoms with Crippen LogP contribution in [0.25, 0.3) is 27.8 Å². The smallest absolute Gasteiger partial charge is 0.337 e. The molecule has 1 amide bonds. The maximum absolute atomic E-state index is 14.3. The van der Waals surface area contributed by atoms with Gasteiger partial charge in [0.25, 0.3) is 5.56 Å². The topological polar surface area (TPSA) is 108 Å². The summed E-state index contributed by atoms with van der Waals surface area (Å²) in [5.41, 5.74) is 2.45. The summed E-state index contributed by atoms with van der Waals surface area (Å²) in [7, 11) is 1.31. The molecule has 0 aliphatic carbocycles. The normalized spacial score (nSPS) is 12.4. The zero-order valence-electron chi connectivity index (χ0n) is 21.5. The Kier molecular flexibility index (Phi) is 6.28. The van der Waals surface area contributed by atoms with Crippen molar-refractivity contribution >= 4 is 28.4 Å². The third-order valence-corrected chi connectivity index (χ3v) is 6.16. The number of methoxy groups -OCH3 is 1. The van der Waals surface area contributed by atoms with Crippen LogP contribution in [0.1, 0.15) is 42.7 Å². The van der Waals surface area contributed by atoms with E-state index in [1.807, 2.05) is 63.2 Å². The van der Waals surface area contributed by atoms with Gasteiger partial charge in [-0.2, -0.15) is 0 Å². The average Bonchev–Trinajstić information content (AvgIpc) is 3.36. The maximum Gasteiger partial charge on any atom is 0.337 e. The van der Waals surface area contributed by atoms with E-state index in [-0.39, 0.29) is 11.4 Å². The summed E-state index contributed by atoms with van der Waals surface area (Å²) in [4.78, 5) is 40.2. The van der Waals surface area contributed by atoms with E-state index in [0.29, 0.717) is 27.9 Å². The summed E-state index contributed by atoms with van der Waals surface area (Å²) < 4.78 is 7.82. The molecule has 0 saturated carbocycles. The van der Waals surface area contributed by atoms with Crippen molar-refractivity contribution in [3.63, 3.8) is 0 Å². The van der Waals surface area contributed by atoms with Gasteiger partial charge in [0.1, 0.15) is 11.7 Å². The molecular weight excluding hydrogens is 482 g/mol. The van der Waals surface area contributed by atoms with Gasteiger partial charge in [0.2, 0.25) is 5.91 Å². The number of ether oxygens (including phenoxy) is 1. The van der Waals surface area contributed by atoms with Crippen molar-refractivity contribution in [2.24, 2.45) is 0 Å². The molecular formula is C29H27N5O4. The minimum Gasteiger partial charge on any atom is -0.465 e. The summed E-state index contributed by atoms with van der Waals surface area (Å²) in [6.45, 7) is 5.63. The molecule has 1 unspecified atom stereocenters. The predicted octanol–water partition coefficient (Wildman–Crippen LogP) is 4.00. The number of esters is 1. The SMILES string of the molecule is COC(=O)c1ccc(C(C(=O)NC(C)(C)C)n2c(=O)c3c(-c4ccccc4)nnn3c3ccccc32)cc1.